The molecule has 160 valence electrons. The van der Waals surface area contributed by atoms with Crippen molar-refractivity contribution in [3.8, 4) is 5.75 Å². The minimum Gasteiger partial charge on any atom is -0.495 e. The Balaban J connectivity index is 1.42. The summed E-state index contributed by atoms with van der Waals surface area (Å²) in [5, 5.41) is 15.4. The fourth-order valence-electron chi connectivity index (χ4n) is 4.67. The molecule has 0 saturated heterocycles. The van der Waals surface area contributed by atoms with Gasteiger partial charge in [-0.3, -0.25) is 10.0 Å². The molecule has 1 amide bonds. The van der Waals surface area contributed by atoms with Gasteiger partial charge < -0.3 is 10.1 Å². The van der Waals surface area contributed by atoms with E-state index in [2.05, 4.69) is 28.9 Å². The molecule has 0 unspecified atom stereocenters. The number of ether oxygens (including phenoxy) is 1. The van der Waals surface area contributed by atoms with Gasteiger partial charge in [-0.15, -0.1) is 0 Å². The van der Waals surface area contributed by atoms with Crippen LogP contribution in [0.2, 0.25) is 0 Å². The Morgan fingerprint density at radius 3 is 2.65 bits per heavy atom. The van der Waals surface area contributed by atoms with E-state index in [4.69, 9.17) is 4.74 Å². The number of rotatable bonds is 5. The monoisotopic (exact) mass is 419 g/mol. The molecule has 6 heteroatoms. The van der Waals surface area contributed by atoms with Crippen LogP contribution in [0.4, 0.5) is 5.69 Å². The lowest BCUT2D eigenvalue weighted by molar-refractivity contribution is -0.910. The maximum Gasteiger partial charge on any atom is 0.325 e. The molecule has 6 nitrogen and oxygen atoms in total. The summed E-state index contributed by atoms with van der Waals surface area (Å²) in [4.78, 5) is 13.0. The van der Waals surface area contributed by atoms with Crippen LogP contribution in [0, 0.1) is 5.92 Å². The number of anilines is 1. The second kappa shape index (κ2) is 7.86. The van der Waals surface area contributed by atoms with E-state index < -0.39 is 0 Å². The van der Waals surface area contributed by atoms with Crippen LogP contribution < -0.4 is 25.2 Å². The highest BCUT2D eigenvalue weighted by Crippen LogP contribution is 2.38. The highest BCUT2D eigenvalue weighted by molar-refractivity contribution is 6.02. The molecule has 0 radical (unpaired) electrons. The summed E-state index contributed by atoms with van der Waals surface area (Å²) in [5.41, 5.74) is 1.58. The van der Waals surface area contributed by atoms with E-state index in [1.165, 1.54) is 25.7 Å². The molecule has 31 heavy (non-hydrogen) atoms. The van der Waals surface area contributed by atoms with Crippen molar-refractivity contribution in [2.45, 2.75) is 57.4 Å². The maximum absolute atomic E-state index is 13.0. The first-order valence-corrected chi connectivity index (χ1v) is 11.2. The molecule has 1 aromatic heterocycles. The number of methoxy groups -OCH3 is 1. The summed E-state index contributed by atoms with van der Waals surface area (Å²) in [6.07, 6.45) is 9.05. The van der Waals surface area contributed by atoms with E-state index in [1.807, 2.05) is 24.3 Å². The van der Waals surface area contributed by atoms with Crippen LogP contribution in [0.1, 0.15) is 67.5 Å². The Morgan fingerprint density at radius 1 is 1.16 bits per heavy atom. The summed E-state index contributed by atoms with van der Waals surface area (Å²) in [5.74, 6) is 4.83. The number of amides is 1. The lowest BCUT2D eigenvalue weighted by Crippen LogP contribution is -2.43. The molecule has 2 aliphatic carbocycles. The molecule has 1 aliphatic heterocycles. The van der Waals surface area contributed by atoms with Gasteiger partial charge in [-0.05, 0) is 43.7 Å². The van der Waals surface area contributed by atoms with Crippen LogP contribution in [-0.4, -0.2) is 34.7 Å². The second-order valence-electron chi connectivity index (χ2n) is 9.08. The van der Waals surface area contributed by atoms with Crippen LogP contribution in [-0.2, 0) is 0 Å². The van der Waals surface area contributed by atoms with E-state index in [9.17, 15) is 10.0 Å². The Bertz CT molecular complexity index is 1200. The van der Waals surface area contributed by atoms with Crippen LogP contribution >= 0.6 is 0 Å². The Hall–Kier alpha value is -3.11. The Labute approximate surface area is 181 Å². The largest absolute Gasteiger partial charge is 0.495 e. The SMILES string of the molecule is COc1cc2c(cc1NC(=O)c1cccc(C3CC3)[n+]1O)=C[N+](C1CCC(C)CC1)=C=2. The molecule has 5 rings (SSSR count). The molecule has 2 N–H and O–H groups in total. The van der Waals surface area contributed by atoms with E-state index in [1.54, 1.807) is 13.2 Å². The number of fused-ring (bicyclic) bond motifs is 1. The van der Waals surface area contributed by atoms with Gasteiger partial charge in [-0.1, -0.05) is 6.92 Å². The summed E-state index contributed by atoms with van der Waals surface area (Å²) in [7, 11) is 1.59. The zero-order valence-corrected chi connectivity index (χ0v) is 18.1. The quantitative estimate of drug-likeness (QED) is 0.576. The van der Waals surface area contributed by atoms with Gasteiger partial charge in [0, 0.05) is 41.7 Å². The summed E-state index contributed by atoms with van der Waals surface area (Å²) in [6.45, 7) is 2.32. The minimum atomic E-state index is -0.368. The van der Waals surface area contributed by atoms with Crippen molar-refractivity contribution in [2.24, 2.45) is 5.92 Å². The molecule has 2 heterocycles. The number of nitrogens with zero attached hydrogens (tertiary/aromatic N) is 2. The minimum absolute atomic E-state index is 0.215. The summed E-state index contributed by atoms with van der Waals surface area (Å²) in [6, 6.07) is 9.63. The standard InChI is InChI=1S/C25H28N3O3/c1-16-6-10-20(11-7-16)27-14-18-12-21(24(31-2)13-19(18)15-27)26-25(29)23-5-3-4-22(28(23)30)17-8-9-17/h3-5,12-14,16-17,20H,6-11H2,1-2H3,(H-,26,29,30)/q+1/p+1. The first kappa shape index (κ1) is 19.8. The van der Waals surface area contributed by atoms with Gasteiger partial charge in [0.25, 0.3) is 0 Å². The van der Waals surface area contributed by atoms with Gasteiger partial charge in [0.05, 0.1) is 18.0 Å². The van der Waals surface area contributed by atoms with Gasteiger partial charge in [0.2, 0.25) is 5.69 Å². The Kier molecular flexibility index (Phi) is 5.03. The molecule has 2 aromatic rings. The zero-order chi connectivity index (χ0) is 21.5. The predicted molar refractivity (Wildman–Crippen MR) is 116 cm³/mol. The Morgan fingerprint density at radius 2 is 1.94 bits per heavy atom. The van der Waals surface area contributed by atoms with Crippen LogP contribution in [0.3, 0.4) is 0 Å². The lowest BCUT2D eigenvalue weighted by Gasteiger charge is -2.21. The van der Waals surface area contributed by atoms with Crippen LogP contribution in [0.25, 0.3) is 6.20 Å². The topological polar surface area (TPSA) is 65.5 Å². The first-order valence-electron chi connectivity index (χ1n) is 11.2. The molecule has 0 spiro atoms. The van der Waals surface area contributed by atoms with Gasteiger partial charge in [0.15, 0.2) is 18.1 Å². The van der Waals surface area contributed by atoms with Crippen molar-refractivity contribution in [2.75, 3.05) is 12.4 Å². The molecule has 0 bridgehead atoms. The number of hydrogen-bond acceptors (Lipinski definition) is 3. The number of carbonyl (C=O) groups excluding carboxylic acids is 1. The fraction of sp³-hybridized carbons (Fsp3) is 0.440. The van der Waals surface area contributed by atoms with Crippen LogP contribution in [0.5, 0.6) is 5.75 Å². The molecule has 3 aliphatic rings. The van der Waals surface area contributed by atoms with Crippen molar-refractivity contribution < 1.29 is 24.0 Å². The fourth-order valence-corrected chi connectivity index (χ4v) is 4.67. The average Bonchev–Trinajstić information content (AvgIpc) is 3.53. The van der Waals surface area contributed by atoms with Crippen molar-refractivity contribution in [3.05, 3.63) is 52.2 Å². The zero-order valence-electron chi connectivity index (χ0n) is 18.1. The molecular weight excluding hydrogens is 390 g/mol. The molecular formula is C25H29N3O3+2. The van der Waals surface area contributed by atoms with Crippen molar-refractivity contribution in [1.29, 1.82) is 0 Å². The number of nitrogens with one attached hydrogen (secondary N) is 1. The third kappa shape index (κ3) is 3.84. The second-order valence-corrected chi connectivity index (χ2v) is 9.08. The number of aromatic nitrogens is 1. The first-order chi connectivity index (χ1) is 15.0. The molecule has 0 atom stereocenters. The highest BCUT2D eigenvalue weighted by atomic mass is 16.5. The average molecular weight is 420 g/mol. The van der Waals surface area contributed by atoms with Crippen LogP contribution in [0.15, 0.2) is 30.3 Å². The van der Waals surface area contributed by atoms with E-state index in [0.29, 0.717) is 23.4 Å². The van der Waals surface area contributed by atoms with Crippen molar-refractivity contribution in [1.82, 2.24) is 0 Å². The lowest BCUT2D eigenvalue weighted by atomic mass is 9.87. The summed E-state index contributed by atoms with van der Waals surface area (Å²) < 4.78 is 8.76. The van der Waals surface area contributed by atoms with E-state index in [-0.39, 0.29) is 11.6 Å². The number of carbonyl (C=O) groups is 1. The van der Waals surface area contributed by atoms with E-state index in [0.717, 1.165) is 39.6 Å². The van der Waals surface area contributed by atoms with Gasteiger partial charge in [-0.2, -0.15) is 4.58 Å². The van der Waals surface area contributed by atoms with Gasteiger partial charge in [0.1, 0.15) is 11.0 Å². The molecule has 2 fully saturated rings. The van der Waals surface area contributed by atoms with Crippen molar-refractivity contribution >= 4 is 23.7 Å². The third-order valence-corrected chi connectivity index (χ3v) is 6.75. The third-order valence-electron chi connectivity index (χ3n) is 6.75. The normalized spacial score (nSPS) is 22.1. The predicted octanol–water partition coefficient (Wildman–Crippen LogP) is 2.03. The highest BCUT2D eigenvalue weighted by Gasteiger charge is 2.36. The summed E-state index contributed by atoms with van der Waals surface area (Å²) >= 11 is 0. The number of benzene rings is 1. The van der Waals surface area contributed by atoms with Gasteiger partial charge in [-0.25, -0.2) is 0 Å². The number of pyridine rings is 1. The van der Waals surface area contributed by atoms with Crippen molar-refractivity contribution in [3.63, 3.8) is 0 Å². The maximum atomic E-state index is 13.0. The molecule has 1 aromatic carbocycles. The number of hydrogen-bond donors (Lipinski definition) is 2. The molecule has 2 saturated carbocycles. The smallest absolute Gasteiger partial charge is 0.325 e. The van der Waals surface area contributed by atoms with E-state index >= 15 is 0 Å². The van der Waals surface area contributed by atoms with Gasteiger partial charge >= 0.3 is 11.6 Å².